The van der Waals surface area contributed by atoms with Crippen LogP contribution in [-0.2, 0) is 13.0 Å². The molecule has 71 valence electrons. The predicted octanol–water partition coefficient (Wildman–Crippen LogP) is 3.20. The molecule has 1 aromatic carbocycles. The van der Waals surface area contributed by atoms with Gasteiger partial charge in [-0.25, -0.2) is 0 Å². The summed E-state index contributed by atoms with van der Waals surface area (Å²) in [6.07, 6.45) is 4.92. The van der Waals surface area contributed by atoms with E-state index in [-0.39, 0.29) is 0 Å². The predicted molar refractivity (Wildman–Crippen MR) is 61.2 cm³/mol. The first-order chi connectivity index (χ1) is 6.86. The van der Waals surface area contributed by atoms with E-state index in [2.05, 4.69) is 48.5 Å². The van der Waals surface area contributed by atoms with Crippen molar-refractivity contribution in [2.75, 3.05) is 0 Å². The minimum absolute atomic E-state index is 0.838. The molecule has 0 N–H and O–H groups in total. The zero-order chi connectivity index (χ0) is 9.97. The third-order valence-corrected chi connectivity index (χ3v) is 2.47. The van der Waals surface area contributed by atoms with Crippen molar-refractivity contribution >= 4 is 10.9 Å². The Morgan fingerprint density at radius 1 is 1.29 bits per heavy atom. The molecule has 2 aromatic rings. The first kappa shape index (κ1) is 9.07. The minimum Gasteiger partial charge on any atom is -0.343 e. The van der Waals surface area contributed by atoms with Gasteiger partial charge in [-0.05, 0) is 25.0 Å². The molecule has 0 fully saturated rings. The van der Waals surface area contributed by atoms with Crippen molar-refractivity contribution in [2.45, 2.75) is 13.0 Å². The van der Waals surface area contributed by atoms with E-state index < -0.39 is 0 Å². The maximum Gasteiger partial charge on any atom is 0.0486 e. The number of aromatic nitrogens is 1. The second-order valence-corrected chi connectivity index (χ2v) is 3.36. The molecule has 0 aliphatic heterocycles. The monoisotopic (exact) mass is 184 g/mol. The van der Waals surface area contributed by atoms with Crippen LogP contribution in [-0.4, -0.2) is 4.57 Å². The summed E-state index contributed by atoms with van der Waals surface area (Å²) >= 11 is 0. The SMILES string of the molecule is [CH2]Cc1cn(CC=C)c2ccccc12. The normalized spacial score (nSPS) is 10.6. The van der Waals surface area contributed by atoms with Crippen molar-refractivity contribution in [2.24, 2.45) is 0 Å². The highest BCUT2D eigenvalue weighted by Crippen LogP contribution is 2.21. The number of rotatable bonds is 3. The molecule has 1 radical (unpaired) electrons. The molecule has 1 heterocycles. The Morgan fingerprint density at radius 2 is 2.07 bits per heavy atom. The van der Waals surface area contributed by atoms with Gasteiger partial charge in [0.1, 0.15) is 0 Å². The number of allylic oxidation sites excluding steroid dienone is 1. The second-order valence-electron chi connectivity index (χ2n) is 3.36. The quantitative estimate of drug-likeness (QED) is 0.645. The van der Waals surface area contributed by atoms with Crippen LogP contribution in [0.5, 0.6) is 0 Å². The van der Waals surface area contributed by atoms with Crippen LogP contribution in [0, 0.1) is 6.92 Å². The summed E-state index contributed by atoms with van der Waals surface area (Å²) in [7, 11) is 0. The van der Waals surface area contributed by atoms with E-state index >= 15 is 0 Å². The molecule has 0 saturated carbocycles. The standard InChI is InChI=1S/C13H14N/c1-3-9-14-10-11(4-2)12-7-5-6-8-13(12)14/h3,5-8,10H,1-2,4,9H2. The highest BCUT2D eigenvalue weighted by molar-refractivity contribution is 5.84. The number of nitrogens with zero attached hydrogens (tertiary/aromatic N) is 1. The third kappa shape index (κ3) is 1.35. The third-order valence-electron chi connectivity index (χ3n) is 2.47. The van der Waals surface area contributed by atoms with Gasteiger partial charge in [0.25, 0.3) is 0 Å². The van der Waals surface area contributed by atoms with Crippen LogP contribution in [0.3, 0.4) is 0 Å². The largest absolute Gasteiger partial charge is 0.343 e. The maximum absolute atomic E-state index is 3.94. The summed E-state index contributed by atoms with van der Waals surface area (Å²) in [6, 6.07) is 8.42. The van der Waals surface area contributed by atoms with Crippen molar-refractivity contribution in [3.8, 4) is 0 Å². The van der Waals surface area contributed by atoms with E-state index in [0.29, 0.717) is 0 Å². The van der Waals surface area contributed by atoms with E-state index in [1.807, 2.05) is 6.08 Å². The van der Waals surface area contributed by atoms with Gasteiger partial charge < -0.3 is 4.57 Å². The van der Waals surface area contributed by atoms with Crippen LogP contribution >= 0.6 is 0 Å². The summed E-state index contributed by atoms with van der Waals surface area (Å²) in [5.41, 5.74) is 2.58. The first-order valence-corrected chi connectivity index (χ1v) is 4.83. The molecule has 0 amide bonds. The Kier molecular flexibility index (Phi) is 2.40. The zero-order valence-corrected chi connectivity index (χ0v) is 8.24. The van der Waals surface area contributed by atoms with Crippen molar-refractivity contribution < 1.29 is 0 Å². The lowest BCUT2D eigenvalue weighted by Crippen LogP contribution is -1.91. The second kappa shape index (κ2) is 3.70. The summed E-state index contributed by atoms with van der Waals surface area (Å²) < 4.78 is 2.21. The molecule has 1 heteroatoms. The minimum atomic E-state index is 0.838. The first-order valence-electron chi connectivity index (χ1n) is 4.83. The molecule has 2 rings (SSSR count). The lowest BCUT2D eigenvalue weighted by molar-refractivity contribution is 0.860. The van der Waals surface area contributed by atoms with Gasteiger partial charge in [0.05, 0.1) is 0 Å². The average molecular weight is 184 g/mol. The molecule has 1 aromatic heterocycles. The number of benzene rings is 1. The maximum atomic E-state index is 3.94. The van der Waals surface area contributed by atoms with Crippen LogP contribution < -0.4 is 0 Å². The van der Waals surface area contributed by atoms with E-state index in [1.165, 1.54) is 16.5 Å². The van der Waals surface area contributed by atoms with E-state index in [9.17, 15) is 0 Å². The van der Waals surface area contributed by atoms with Crippen LogP contribution in [0.2, 0.25) is 0 Å². The number of para-hydroxylation sites is 1. The van der Waals surface area contributed by atoms with Gasteiger partial charge in [-0.2, -0.15) is 0 Å². The number of fused-ring (bicyclic) bond motifs is 1. The smallest absolute Gasteiger partial charge is 0.0486 e. The molecule has 0 bridgehead atoms. The van der Waals surface area contributed by atoms with Crippen molar-refractivity contribution in [3.05, 3.63) is 55.6 Å². The molecule has 0 unspecified atom stereocenters. The van der Waals surface area contributed by atoms with Gasteiger partial charge in [-0.1, -0.05) is 24.3 Å². The zero-order valence-electron chi connectivity index (χ0n) is 8.24. The lowest BCUT2D eigenvalue weighted by atomic mass is 10.1. The van der Waals surface area contributed by atoms with Crippen molar-refractivity contribution in [3.63, 3.8) is 0 Å². The van der Waals surface area contributed by atoms with Crippen molar-refractivity contribution in [1.82, 2.24) is 4.57 Å². The summed E-state index contributed by atoms with van der Waals surface area (Å²) in [5, 5.41) is 1.31. The van der Waals surface area contributed by atoms with Crippen LogP contribution in [0.4, 0.5) is 0 Å². The highest BCUT2D eigenvalue weighted by atomic mass is 14.9. The summed E-state index contributed by atoms with van der Waals surface area (Å²) in [6.45, 7) is 8.56. The fraction of sp³-hybridized carbons (Fsp3) is 0.154. The topological polar surface area (TPSA) is 4.93 Å². The molecule has 0 saturated heterocycles. The molecule has 1 nitrogen and oxygen atoms in total. The van der Waals surface area contributed by atoms with Gasteiger partial charge in [-0.15, -0.1) is 6.58 Å². The molecule has 0 spiro atoms. The Labute approximate surface area is 84.7 Å². The number of hydrogen-bond acceptors (Lipinski definition) is 0. The average Bonchev–Trinajstić information content (AvgIpc) is 2.58. The Hall–Kier alpha value is -1.50. The molecule has 14 heavy (non-hydrogen) atoms. The van der Waals surface area contributed by atoms with E-state index in [1.54, 1.807) is 0 Å². The summed E-state index contributed by atoms with van der Waals surface area (Å²) in [5.74, 6) is 0. The van der Waals surface area contributed by atoms with E-state index in [4.69, 9.17) is 0 Å². The molecular formula is C13H14N. The molecule has 0 aliphatic rings. The Balaban J connectivity index is 2.66. The molecular weight excluding hydrogens is 170 g/mol. The fourth-order valence-corrected chi connectivity index (χ4v) is 1.81. The van der Waals surface area contributed by atoms with Gasteiger partial charge in [0.2, 0.25) is 0 Å². The molecule has 0 aliphatic carbocycles. The highest BCUT2D eigenvalue weighted by Gasteiger charge is 2.04. The fourth-order valence-electron chi connectivity index (χ4n) is 1.81. The van der Waals surface area contributed by atoms with Crippen LogP contribution in [0.1, 0.15) is 5.56 Å². The van der Waals surface area contributed by atoms with Crippen LogP contribution in [0.25, 0.3) is 10.9 Å². The molecule has 0 atom stereocenters. The van der Waals surface area contributed by atoms with E-state index in [0.717, 1.165) is 13.0 Å². The Bertz CT molecular complexity index is 451. The van der Waals surface area contributed by atoms with Crippen molar-refractivity contribution in [1.29, 1.82) is 0 Å². The Morgan fingerprint density at radius 3 is 2.79 bits per heavy atom. The van der Waals surface area contributed by atoms with Gasteiger partial charge in [0, 0.05) is 23.6 Å². The van der Waals surface area contributed by atoms with Gasteiger partial charge >= 0.3 is 0 Å². The number of hydrogen-bond donors (Lipinski definition) is 0. The van der Waals surface area contributed by atoms with Crippen LogP contribution in [0.15, 0.2) is 43.1 Å². The van der Waals surface area contributed by atoms with Gasteiger partial charge in [-0.3, -0.25) is 0 Å². The van der Waals surface area contributed by atoms with Gasteiger partial charge in [0.15, 0.2) is 0 Å². The summed E-state index contributed by atoms with van der Waals surface area (Å²) in [4.78, 5) is 0. The lowest BCUT2D eigenvalue weighted by Gasteiger charge is -1.99.